The van der Waals surface area contributed by atoms with E-state index in [9.17, 15) is 13.2 Å². The van der Waals surface area contributed by atoms with Crippen LogP contribution in [0.5, 0.6) is 0 Å². The highest BCUT2D eigenvalue weighted by molar-refractivity contribution is 7.92. The lowest BCUT2D eigenvalue weighted by Crippen LogP contribution is -2.43. The van der Waals surface area contributed by atoms with E-state index in [1.807, 2.05) is 20.8 Å². The van der Waals surface area contributed by atoms with Crippen LogP contribution in [0.3, 0.4) is 0 Å². The van der Waals surface area contributed by atoms with Crippen molar-refractivity contribution in [1.29, 1.82) is 0 Å². The molecule has 1 N–H and O–H groups in total. The maximum Gasteiger partial charge on any atom is 0.264 e. The van der Waals surface area contributed by atoms with E-state index in [2.05, 4.69) is 5.32 Å². The molecule has 2 aromatic rings. The SMILES string of the molecule is CC[C@@H](C)NC(=O)CN(c1cc(Cl)ccc1C)S(=O)(=O)c1ccc(C)cc1. The highest BCUT2D eigenvalue weighted by atomic mass is 35.5. The number of carbonyl (C=O) groups is 1. The van der Waals surface area contributed by atoms with Gasteiger partial charge in [-0.25, -0.2) is 8.42 Å². The molecule has 0 bridgehead atoms. The van der Waals surface area contributed by atoms with Gasteiger partial charge in [-0.15, -0.1) is 0 Å². The van der Waals surface area contributed by atoms with Gasteiger partial charge in [-0.1, -0.05) is 42.3 Å². The molecule has 0 heterocycles. The fraction of sp³-hybridized carbons (Fsp3) is 0.350. The highest BCUT2D eigenvalue weighted by Gasteiger charge is 2.28. The van der Waals surface area contributed by atoms with E-state index in [4.69, 9.17) is 11.6 Å². The number of hydrogen-bond donors (Lipinski definition) is 1. The molecule has 5 nitrogen and oxygen atoms in total. The lowest BCUT2D eigenvalue weighted by atomic mass is 10.2. The number of rotatable bonds is 7. The number of amides is 1. The fourth-order valence-corrected chi connectivity index (χ4v) is 4.19. The van der Waals surface area contributed by atoms with Crippen molar-refractivity contribution < 1.29 is 13.2 Å². The monoisotopic (exact) mass is 408 g/mol. The van der Waals surface area contributed by atoms with Crippen LogP contribution in [-0.2, 0) is 14.8 Å². The summed E-state index contributed by atoms with van der Waals surface area (Å²) in [6, 6.07) is 11.5. The largest absolute Gasteiger partial charge is 0.352 e. The van der Waals surface area contributed by atoms with E-state index in [0.29, 0.717) is 16.3 Å². The number of sulfonamides is 1. The molecule has 0 aliphatic carbocycles. The molecule has 0 aliphatic heterocycles. The molecule has 7 heteroatoms. The first-order valence-electron chi connectivity index (χ1n) is 8.80. The average molecular weight is 409 g/mol. The number of anilines is 1. The first-order valence-corrected chi connectivity index (χ1v) is 10.6. The van der Waals surface area contributed by atoms with E-state index >= 15 is 0 Å². The minimum Gasteiger partial charge on any atom is -0.352 e. The Morgan fingerprint density at radius 2 is 1.78 bits per heavy atom. The second kappa shape index (κ2) is 8.76. The van der Waals surface area contributed by atoms with Crippen LogP contribution in [0.1, 0.15) is 31.4 Å². The standard InChI is InChI=1S/C20H25ClN2O3S/c1-5-16(4)22-20(24)13-23(19-12-17(21)9-8-15(19)3)27(25,26)18-10-6-14(2)7-11-18/h6-12,16H,5,13H2,1-4H3,(H,22,24)/t16-/m1/s1. The Kier molecular flexibility index (Phi) is 6.89. The first-order chi connectivity index (χ1) is 12.6. The third-order valence-corrected chi connectivity index (χ3v) is 6.36. The molecule has 2 aromatic carbocycles. The minimum atomic E-state index is -3.93. The predicted octanol–water partition coefficient (Wildman–Crippen LogP) is 4.07. The maximum atomic E-state index is 13.3. The zero-order valence-electron chi connectivity index (χ0n) is 16.0. The van der Waals surface area contributed by atoms with Gasteiger partial charge in [0.25, 0.3) is 10.0 Å². The van der Waals surface area contributed by atoms with Crippen molar-refractivity contribution in [2.45, 2.75) is 45.1 Å². The zero-order valence-corrected chi connectivity index (χ0v) is 17.6. The minimum absolute atomic E-state index is 0.0399. The Morgan fingerprint density at radius 1 is 1.15 bits per heavy atom. The molecular weight excluding hydrogens is 384 g/mol. The molecule has 0 saturated carbocycles. The Morgan fingerprint density at radius 3 is 2.37 bits per heavy atom. The van der Waals surface area contributed by atoms with Crippen LogP contribution in [0.15, 0.2) is 47.4 Å². The topological polar surface area (TPSA) is 66.5 Å². The van der Waals surface area contributed by atoms with Gasteiger partial charge in [0.05, 0.1) is 10.6 Å². The summed E-state index contributed by atoms with van der Waals surface area (Å²) in [5.41, 5.74) is 2.06. The van der Waals surface area contributed by atoms with Crippen molar-refractivity contribution in [2.75, 3.05) is 10.8 Å². The van der Waals surface area contributed by atoms with Gasteiger partial charge >= 0.3 is 0 Å². The van der Waals surface area contributed by atoms with E-state index in [-0.39, 0.29) is 23.4 Å². The zero-order chi connectivity index (χ0) is 20.2. The Labute approximate surface area is 166 Å². The van der Waals surface area contributed by atoms with Crippen LogP contribution in [0, 0.1) is 13.8 Å². The van der Waals surface area contributed by atoms with Crippen LogP contribution < -0.4 is 9.62 Å². The number of benzene rings is 2. The summed E-state index contributed by atoms with van der Waals surface area (Å²) >= 11 is 6.10. The second-order valence-electron chi connectivity index (χ2n) is 6.63. The Hall–Kier alpha value is -2.05. The molecule has 0 fully saturated rings. The molecule has 146 valence electrons. The van der Waals surface area contributed by atoms with Crippen LogP contribution >= 0.6 is 11.6 Å². The Balaban J connectivity index is 2.50. The van der Waals surface area contributed by atoms with Crippen molar-refractivity contribution in [2.24, 2.45) is 0 Å². The third kappa shape index (κ3) is 5.23. The van der Waals surface area contributed by atoms with Crippen molar-refractivity contribution >= 4 is 33.2 Å². The van der Waals surface area contributed by atoms with Crippen molar-refractivity contribution in [3.8, 4) is 0 Å². The smallest absolute Gasteiger partial charge is 0.264 e. The maximum absolute atomic E-state index is 13.3. The van der Waals surface area contributed by atoms with Gasteiger partial charge in [0, 0.05) is 11.1 Å². The van der Waals surface area contributed by atoms with E-state index in [0.717, 1.165) is 16.3 Å². The number of nitrogens with zero attached hydrogens (tertiary/aromatic N) is 1. The summed E-state index contributed by atoms with van der Waals surface area (Å²) in [6.45, 7) is 7.18. The number of hydrogen-bond acceptors (Lipinski definition) is 3. The Bertz CT molecular complexity index is 911. The molecule has 2 rings (SSSR count). The molecule has 27 heavy (non-hydrogen) atoms. The summed E-state index contributed by atoms with van der Waals surface area (Å²) < 4.78 is 27.7. The van der Waals surface area contributed by atoms with E-state index < -0.39 is 10.0 Å². The van der Waals surface area contributed by atoms with Crippen molar-refractivity contribution in [1.82, 2.24) is 5.32 Å². The van der Waals surface area contributed by atoms with Crippen LogP contribution in [0.2, 0.25) is 5.02 Å². The summed E-state index contributed by atoms with van der Waals surface area (Å²) in [5.74, 6) is -0.362. The molecule has 0 aromatic heterocycles. The number of nitrogens with one attached hydrogen (secondary N) is 1. The second-order valence-corrected chi connectivity index (χ2v) is 8.93. The molecular formula is C20H25ClN2O3S. The summed E-state index contributed by atoms with van der Waals surface area (Å²) in [5, 5.41) is 3.22. The molecule has 1 amide bonds. The highest BCUT2D eigenvalue weighted by Crippen LogP contribution is 2.29. The number of halogens is 1. The summed E-state index contributed by atoms with van der Waals surface area (Å²) in [7, 11) is -3.93. The number of aryl methyl sites for hydroxylation is 2. The van der Waals surface area contributed by atoms with Crippen molar-refractivity contribution in [3.05, 3.63) is 58.6 Å². The normalized spacial score (nSPS) is 12.5. The quantitative estimate of drug-likeness (QED) is 0.751. The van der Waals surface area contributed by atoms with Gasteiger partial charge in [0.15, 0.2) is 0 Å². The van der Waals surface area contributed by atoms with Gasteiger partial charge in [-0.3, -0.25) is 9.10 Å². The molecule has 0 spiro atoms. The van der Waals surface area contributed by atoms with Crippen molar-refractivity contribution in [3.63, 3.8) is 0 Å². The van der Waals surface area contributed by atoms with Gasteiger partial charge < -0.3 is 5.32 Å². The lowest BCUT2D eigenvalue weighted by molar-refractivity contribution is -0.120. The van der Waals surface area contributed by atoms with Crippen LogP contribution in [-0.4, -0.2) is 26.9 Å². The summed E-state index contributed by atoms with van der Waals surface area (Å²) in [6.07, 6.45) is 0.757. The molecule has 0 radical (unpaired) electrons. The third-order valence-electron chi connectivity index (χ3n) is 4.36. The van der Waals surface area contributed by atoms with Gasteiger partial charge in [-0.05, 0) is 57.0 Å². The average Bonchev–Trinajstić information content (AvgIpc) is 2.62. The van der Waals surface area contributed by atoms with Crippen LogP contribution in [0.25, 0.3) is 0 Å². The summed E-state index contributed by atoms with van der Waals surface area (Å²) in [4.78, 5) is 12.6. The van der Waals surface area contributed by atoms with Gasteiger partial charge in [0.2, 0.25) is 5.91 Å². The lowest BCUT2D eigenvalue weighted by Gasteiger charge is -2.26. The molecule has 1 atom stereocenters. The number of carbonyl (C=O) groups excluding carboxylic acids is 1. The van der Waals surface area contributed by atoms with Gasteiger partial charge in [0.1, 0.15) is 6.54 Å². The molecule has 0 saturated heterocycles. The molecule has 0 unspecified atom stereocenters. The predicted molar refractivity (Wildman–Crippen MR) is 110 cm³/mol. The first kappa shape index (κ1) is 21.3. The van der Waals surface area contributed by atoms with Gasteiger partial charge in [-0.2, -0.15) is 0 Å². The molecule has 0 aliphatic rings. The van der Waals surface area contributed by atoms with Crippen LogP contribution in [0.4, 0.5) is 5.69 Å². The van der Waals surface area contributed by atoms with E-state index in [1.165, 1.54) is 0 Å². The van der Waals surface area contributed by atoms with E-state index in [1.54, 1.807) is 49.4 Å². The fourth-order valence-electron chi connectivity index (χ4n) is 2.54.